The lowest BCUT2D eigenvalue weighted by molar-refractivity contribution is 0.103. The molecule has 0 amide bonds. The first-order valence-electron chi connectivity index (χ1n) is 5.33. The Labute approximate surface area is 105 Å². The van der Waals surface area contributed by atoms with Crippen LogP contribution in [0, 0.1) is 0 Å². The number of furan rings is 1. The van der Waals surface area contributed by atoms with Gasteiger partial charge in [-0.2, -0.15) is 0 Å². The van der Waals surface area contributed by atoms with E-state index in [2.05, 4.69) is 0 Å². The molecule has 1 atom stereocenters. The molecule has 0 bridgehead atoms. The van der Waals surface area contributed by atoms with E-state index in [0.29, 0.717) is 17.2 Å². The zero-order valence-corrected chi connectivity index (χ0v) is 9.93. The molecule has 1 unspecified atom stereocenters. The first-order chi connectivity index (χ1) is 8.24. The van der Waals surface area contributed by atoms with Crippen LogP contribution in [0.15, 0.2) is 47.1 Å². The minimum absolute atomic E-state index is 0.209. The molecule has 90 valence electrons. The van der Waals surface area contributed by atoms with Crippen molar-refractivity contribution in [2.75, 3.05) is 6.61 Å². The number of aliphatic hydroxyl groups excluding tert-OH is 1. The van der Waals surface area contributed by atoms with E-state index in [1.165, 1.54) is 0 Å². The lowest BCUT2D eigenvalue weighted by atomic mass is 10.2. The van der Waals surface area contributed by atoms with E-state index in [1.807, 2.05) is 6.07 Å². The maximum atomic E-state index is 9.73. The van der Waals surface area contributed by atoms with Crippen LogP contribution in [0.1, 0.15) is 5.76 Å². The maximum absolute atomic E-state index is 9.73. The third kappa shape index (κ3) is 3.80. The zero-order chi connectivity index (χ0) is 12.1. The Morgan fingerprint density at radius 2 is 2.18 bits per heavy atom. The summed E-state index contributed by atoms with van der Waals surface area (Å²) in [5.74, 6) is 1.39. The summed E-state index contributed by atoms with van der Waals surface area (Å²) in [6.45, 7) is 0.209. The summed E-state index contributed by atoms with van der Waals surface area (Å²) in [4.78, 5) is 0. The van der Waals surface area contributed by atoms with Crippen LogP contribution in [0.5, 0.6) is 5.75 Å². The molecule has 0 fully saturated rings. The molecule has 1 heterocycles. The third-order valence-corrected chi connectivity index (χ3v) is 2.49. The van der Waals surface area contributed by atoms with Crippen LogP contribution in [0.2, 0.25) is 5.02 Å². The average Bonchev–Trinajstić information content (AvgIpc) is 2.79. The molecular formula is C13H13ClO3. The maximum Gasteiger partial charge on any atom is 0.120 e. The monoisotopic (exact) mass is 252 g/mol. The topological polar surface area (TPSA) is 42.6 Å². The van der Waals surface area contributed by atoms with Crippen molar-refractivity contribution in [1.82, 2.24) is 0 Å². The number of ether oxygens (including phenoxy) is 1. The molecule has 2 aromatic rings. The van der Waals surface area contributed by atoms with E-state index in [-0.39, 0.29) is 6.61 Å². The standard InChI is InChI=1S/C13H13ClO3/c14-10-3-1-4-12(7-10)17-9-11(15)8-13-5-2-6-16-13/h1-7,11,15H,8-9H2. The summed E-state index contributed by atoms with van der Waals surface area (Å²) in [7, 11) is 0. The van der Waals surface area contributed by atoms with Crippen LogP contribution in [-0.2, 0) is 6.42 Å². The summed E-state index contributed by atoms with van der Waals surface area (Å²) >= 11 is 5.82. The number of rotatable bonds is 5. The van der Waals surface area contributed by atoms with Crippen molar-refractivity contribution in [2.24, 2.45) is 0 Å². The lowest BCUT2D eigenvalue weighted by Gasteiger charge is -2.11. The van der Waals surface area contributed by atoms with Crippen molar-refractivity contribution in [2.45, 2.75) is 12.5 Å². The first kappa shape index (κ1) is 12.0. The lowest BCUT2D eigenvalue weighted by Crippen LogP contribution is -2.19. The van der Waals surface area contributed by atoms with Gasteiger partial charge in [-0.1, -0.05) is 17.7 Å². The molecule has 2 rings (SSSR count). The minimum Gasteiger partial charge on any atom is -0.491 e. The molecule has 3 nitrogen and oxygen atoms in total. The van der Waals surface area contributed by atoms with Crippen LogP contribution in [0.4, 0.5) is 0 Å². The second kappa shape index (κ2) is 5.75. The molecular weight excluding hydrogens is 240 g/mol. The van der Waals surface area contributed by atoms with E-state index < -0.39 is 6.10 Å². The summed E-state index contributed by atoms with van der Waals surface area (Å²) in [6, 6.07) is 10.7. The van der Waals surface area contributed by atoms with Crippen LogP contribution in [-0.4, -0.2) is 17.8 Å². The number of halogens is 1. The smallest absolute Gasteiger partial charge is 0.120 e. The van der Waals surface area contributed by atoms with Gasteiger partial charge in [-0.25, -0.2) is 0 Å². The first-order valence-corrected chi connectivity index (χ1v) is 5.70. The van der Waals surface area contributed by atoms with Crippen LogP contribution in [0.3, 0.4) is 0 Å². The van der Waals surface area contributed by atoms with Gasteiger partial charge in [0.05, 0.1) is 12.4 Å². The number of hydrogen-bond acceptors (Lipinski definition) is 3. The molecule has 0 radical (unpaired) electrons. The highest BCUT2D eigenvalue weighted by Gasteiger charge is 2.08. The molecule has 0 aliphatic heterocycles. The second-order valence-electron chi connectivity index (χ2n) is 3.71. The Balaban J connectivity index is 1.82. The third-order valence-electron chi connectivity index (χ3n) is 2.26. The number of aliphatic hydroxyl groups is 1. The van der Waals surface area contributed by atoms with Crippen LogP contribution < -0.4 is 4.74 Å². The molecule has 1 N–H and O–H groups in total. The summed E-state index contributed by atoms with van der Waals surface area (Å²) in [5, 5.41) is 10.3. The van der Waals surface area contributed by atoms with Gasteiger partial charge in [-0.15, -0.1) is 0 Å². The molecule has 0 aliphatic carbocycles. The highest BCUT2D eigenvalue weighted by Crippen LogP contribution is 2.17. The van der Waals surface area contributed by atoms with Gasteiger partial charge in [-0.3, -0.25) is 0 Å². The summed E-state index contributed by atoms with van der Waals surface area (Å²) in [5.41, 5.74) is 0. The van der Waals surface area contributed by atoms with Gasteiger partial charge in [0.1, 0.15) is 18.1 Å². The highest BCUT2D eigenvalue weighted by atomic mass is 35.5. The van der Waals surface area contributed by atoms with E-state index in [1.54, 1.807) is 36.6 Å². The fourth-order valence-corrected chi connectivity index (χ4v) is 1.65. The normalized spacial score (nSPS) is 12.4. The molecule has 0 saturated heterocycles. The Kier molecular flexibility index (Phi) is 4.07. The van der Waals surface area contributed by atoms with Crippen molar-refractivity contribution in [3.63, 3.8) is 0 Å². The van der Waals surface area contributed by atoms with Crippen molar-refractivity contribution < 1.29 is 14.3 Å². The predicted molar refractivity (Wildman–Crippen MR) is 65.4 cm³/mol. The predicted octanol–water partition coefficient (Wildman–Crippen LogP) is 2.92. The van der Waals surface area contributed by atoms with Crippen molar-refractivity contribution >= 4 is 11.6 Å². The number of hydrogen-bond donors (Lipinski definition) is 1. The second-order valence-corrected chi connectivity index (χ2v) is 4.14. The fourth-order valence-electron chi connectivity index (χ4n) is 1.47. The minimum atomic E-state index is -0.597. The molecule has 0 aliphatic rings. The van der Waals surface area contributed by atoms with Crippen molar-refractivity contribution in [3.05, 3.63) is 53.4 Å². The Morgan fingerprint density at radius 3 is 2.88 bits per heavy atom. The van der Waals surface area contributed by atoms with Gasteiger partial charge in [-0.05, 0) is 30.3 Å². The fraction of sp³-hybridized carbons (Fsp3) is 0.231. The van der Waals surface area contributed by atoms with Gasteiger partial charge >= 0.3 is 0 Å². The van der Waals surface area contributed by atoms with Gasteiger partial charge in [0.25, 0.3) is 0 Å². The molecule has 1 aromatic carbocycles. The van der Waals surface area contributed by atoms with Gasteiger partial charge in [0.15, 0.2) is 0 Å². The Bertz CT molecular complexity index is 453. The van der Waals surface area contributed by atoms with E-state index in [9.17, 15) is 5.11 Å². The zero-order valence-electron chi connectivity index (χ0n) is 9.17. The van der Waals surface area contributed by atoms with Crippen molar-refractivity contribution in [3.8, 4) is 5.75 Å². The van der Waals surface area contributed by atoms with Crippen molar-refractivity contribution in [1.29, 1.82) is 0 Å². The Morgan fingerprint density at radius 1 is 1.29 bits per heavy atom. The van der Waals surface area contributed by atoms with E-state index in [0.717, 1.165) is 5.76 Å². The van der Waals surface area contributed by atoms with Gasteiger partial charge < -0.3 is 14.3 Å². The quantitative estimate of drug-likeness (QED) is 0.890. The largest absolute Gasteiger partial charge is 0.491 e. The molecule has 0 saturated carbocycles. The summed E-state index contributed by atoms with van der Waals surface area (Å²) < 4.78 is 10.6. The summed E-state index contributed by atoms with van der Waals surface area (Å²) in [6.07, 6.45) is 1.42. The molecule has 0 spiro atoms. The highest BCUT2D eigenvalue weighted by molar-refractivity contribution is 6.30. The van der Waals surface area contributed by atoms with Gasteiger partial charge in [0, 0.05) is 11.4 Å². The molecule has 17 heavy (non-hydrogen) atoms. The SMILES string of the molecule is OC(COc1cccc(Cl)c1)Cc1ccco1. The van der Waals surface area contributed by atoms with Gasteiger partial charge in [0.2, 0.25) is 0 Å². The Hall–Kier alpha value is -1.45. The van der Waals surface area contributed by atoms with E-state index >= 15 is 0 Å². The average molecular weight is 253 g/mol. The number of benzene rings is 1. The molecule has 1 aromatic heterocycles. The van der Waals surface area contributed by atoms with E-state index in [4.69, 9.17) is 20.8 Å². The van der Waals surface area contributed by atoms with Crippen LogP contribution >= 0.6 is 11.6 Å². The van der Waals surface area contributed by atoms with Crippen LogP contribution in [0.25, 0.3) is 0 Å². The molecule has 4 heteroatoms.